The van der Waals surface area contributed by atoms with E-state index in [1.54, 1.807) is 18.3 Å². The third-order valence-electron chi connectivity index (χ3n) is 4.47. The van der Waals surface area contributed by atoms with Crippen LogP contribution in [0.15, 0.2) is 60.8 Å². The first kappa shape index (κ1) is 20.4. The van der Waals surface area contributed by atoms with Gasteiger partial charge in [0.25, 0.3) is 5.91 Å². The van der Waals surface area contributed by atoms with Crippen LogP contribution in [0.1, 0.15) is 27.5 Å². The van der Waals surface area contributed by atoms with Crippen molar-refractivity contribution in [1.29, 1.82) is 0 Å². The van der Waals surface area contributed by atoms with E-state index < -0.39 is 24.5 Å². The van der Waals surface area contributed by atoms with E-state index in [1.807, 2.05) is 19.1 Å². The molecule has 0 fully saturated rings. The van der Waals surface area contributed by atoms with Crippen LogP contribution in [0.2, 0.25) is 0 Å². The Morgan fingerprint density at radius 2 is 1.90 bits per heavy atom. The van der Waals surface area contributed by atoms with E-state index in [0.717, 1.165) is 5.56 Å². The lowest BCUT2D eigenvalue weighted by Crippen LogP contribution is -2.35. The molecular weight excluding hydrogens is 383 g/mol. The first-order chi connectivity index (χ1) is 13.8. The average molecular weight is 403 g/mol. The van der Waals surface area contributed by atoms with Crippen molar-refractivity contribution in [2.24, 2.45) is 0 Å². The lowest BCUT2D eigenvalue weighted by Gasteiger charge is -2.20. The minimum absolute atomic E-state index is 0.0162. The van der Waals surface area contributed by atoms with Crippen molar-refractivity contribution in [3.05, 3.63) is 77.6 Å². The summed E-state index contributed by atoms with van der Waals surface area (Å²) in [6.45, 7) is 1.33. The van der Waals surface area contributed by atoms with Crippen molar-refractivity contribution in [2.75, 3.05) is 13.7 Å². The fourth-order valence-electron chi connectivity index (χ4n) is 2.95. The molecule has 1 amide bonds. The van der Waals surface area contributed by atoms with Crippen LogP contribution in [0, 0.1) is 6.92 Å². The third-order valence-corrected chi connectivity index (χ3v) is 4.47. The number of hydrogen-bond acceptors (Lipinski definition) is 3. The molecule has 0 aliphatic heterocycles. The Hall–Kier alpha value is -3.29. The van der Waals surface area contributed by atoms with Crippen LogP contribution in [-0.2, 0) is 0 Å². The number of rotatable bonds is 6. The van der Waals surface area contributed by atoms with Gasteiger partial charge in [0.05, 0.1) is 13.0 Å². The zero-order chi connectivity index (χ0) is 21.0. The number of ether oxygens (including phenoxy) is 1. The van der Waals surface area contributed by atoms with E-state index in [-0.39, 0.29) is 11.3 Å². The summed E-state index contributed by atoms with van der Waals surface area (Å²) < 4.78 is 47.0. The van der Waals surface area contributed by atoms with Gasteiger partial charge in [0.2, 0.25) is 0 Å². The SMILES string of the molecule is COc1ccc(C)cc1-n1ccc(C(=O)NC[C@H](c2ccccc2)C(F)(F)F)n1. The summed E-state index contributed by atoms with van der Waals surface area (Å²) >= 11 is 0. The summed E-state index contributed by atoms with van der Waals surface area (Å²) in [6.07, 6.45) is -2.92. The lowest BCUT2D eigenvalue weighted by molar-refractivity contribution is -0.149. The first-order valence-electron chi connectivity index (χ1n) is 8.90. The summed E-state index contributed by atoms with van der Waals surface area (Å²) in [7, 11) is 1.52. The van der Waals surface area contributed by atoms with Crippen molar-refractivity contribution in [2.45, 2.75) is 19.0 Å². The number of halogens is 3. The van der Waals surface area contributed by atoms with Crippen molar-refractivity contribution in [1.82, 2.24) is 15.1 Å². The van der Waals surface area contributed by atoms with Crippen molar-refractivity contribution < 1.29 is 22.7 Å². The van der Waals surface area contributed by atoms with Crippen LogP contribution in [0.25, 0.3) is 5.69 Å². The van der Waals surface area contributed by atoms with Crippen LogP contribution < -0.4 is 10.1 Å². The molecule has 0 radical (unpaired) electrons. The maximum Gasteiger partial charge on any atom is 0.397 e. The second-order valence-corrected chi connectivity index (χ2v) is 6.54. The molecule has 5 nitrogen and oxygen atoms in total. The smallest absolute Gasteiger partial charge is 0.397 e. The van der Waals surface area contributed by atoms with Gasteiger partial charge in [0.15, 0.2) is 5.69 Å². The Kier molecular flexibility index (Phi) is 5.91. The number of nitrogens with zero attached hydrogens (tertiary/aromatic N) is 2. The van der Waals surface area contributed by atoms with Gasteiger partial charge in [-0.1, -0.05) is 36.4 Å². The van der Waals surface area contributed by atoms with Gasteiger partial charge in [-0.2, -0.15) is 18.3 Å². The van der Waals surface area contributed by atoms with Gasteiger partial charge in [-0.15, -0.1) is 0 Å². The Balaban J connectivity index is 1.76. The summed E-state index contributed by atoms with van der Waals surface area (Å²) in [4.78, 5) is 12.4. The molecule has 1 N–H and O–H groups in total. The van der Waals surface area contributed by atoms with Gasteiger partial charge in [-0.25, -0.2) is 4.68 Å². The number of benzene rings is 2. The molecule has 8 heteroatoms. The minimum Gasteiger partial charge on any atom is -0.494 e. The Morgan fingerprint density at radius 3 is 2.55 bits per heavy atom. The highest BCUT2D eigenvalue weighted by atomic mass is 19.4. The standard InChI is InChI=1S/C21H20F3N3O2/c1-14-8-9-19(29-2)18(12-14)27-11-10-17(26-27)20(28)25-13-16(21(22,23)24)15-6-4-3-5-7-15/h3-12,16H,13H2,1-2H3,(H,25,28)/t16-/m1/s1. The second kappa shape index (κ2) is 8.38. The Morgan fingerprint density at radius 1 is 1.17 bits per heavy atom. The molecule has 0 saturated carbocycles. The molecule has 29 heavy (non-hydrogen) atoms. The minimum atomic E-state index is -4.48. The zero-order valence-corrected chi connectivity index (χ0v) is 15.9. The van der Waals surface area contributed by atoms with Gasteiger partial charge >= 0.3 is 6.18 Å². The molecule has 0 unspecified atom stereocenters. The first-order valence-corrected chi connectivity index (χ1v) is 8.90. The van der Waals surface area contributed by atoms with Crippen LogP contribution in [0.3, 0.4) is 0 Å². The van der Waals surface area contributed by atoms with Gasteiger partial charge in [0, 0.05) is 12.7 Å². The van der Waals surface area contributed by atoms with Gasteiger partial charge in [-0.3, -0.25) is 4.79 Å². The molecule has 0 saturated heterocycles. The molecular formula is C21H20F3N3O2. The molecule has 3 aromatic rings. The largest absolute Gasteiger partial charge is 0.494 e. The molecule has 152 valence electrons. The fraction of sp³-hybridized carbons (Fsp3) is 0.238. The molecule has 0 spiro atoms. The number of carbonyl (C=O) groups excluding carboxylic acids is 1. The molecule has 0 aliphatic rings. The Bertz CT molecular complexity index is 984. The fourth-order valence-corrected chi connectivity index (χ4v) is 2.95. The van der Waals surface area contributed by atoms with Crippen molar-refractivity contribution >= 4 is 5.91 Å². The number of aryl methyl sites for hydroxylation is 1. The van der Waals surface area contributed by atoms with E-state index in [0.29, 0.717) is 11.4 Å². The monoisotopic (exact) mass is 403 g/mol. The van der Waals surface area contributed by atoms with E-state index in [9.17, 15) is 18.0 Å². The topological polar surface area (TPSA) is 56.1 Å². The summed E-state index contributed by atoms with van der Waals surface area (Å²) in [5.41, 5.74) is 1.71. The van der Waals surface area contributed by atoms with Gasteiger partial charge in [-0.05, 0) is 36.2 Å². The number of carbonyl (C=O) groups is 1. The van der Waals surface area contributed by atoms with E-state index >= 15 is 0 Å². The van der Waals surface area contributed by atoms with Crippen molar-refractivity contribution in [3.63, 3.8) is 0 Å². The Labute approximate surface area is 166 Å². The van der Waals surface area contributed by atoms with Gasteiger partial charge in [0.1, 0.15) is 11.4 Å². The number of amides is 1. The second-order valence-electron chi connectivity index (χ2n) is 6.54. The highest BCUT2D eigenvalue weighted by Crippen LogP contribution is 2.34. The van der Waals surface area contributed by atoms with Crippen LogP contribution >= 0.6 is 0 Å². The quantitative estimate of drug-likeness (QED) is 0.669. The number of aromatic nitrogens is 2. The van der Waals surface area contributed by atoms with Crippen molar-refractivity contribution in [3.8, 4) is 11.4 Å². The molecule has 3 rings (SSSR count). The van der Waals surface area contributed by atoms with E-state index in [1.165, 1.54) is 42.1 Å². The summed E-state index contributed by atoms with van der Waals surface area (Å²) in [5.74, 6) is -1.92. The van der Waals surface area contributed by atoms with Gasteiger partial charge < -0.3 is 10.1 Å². The maximum atomic E-state index is 13.4. The average Bonchev–Trinajstić information content (AvgIpc) is 3.18. The van der Waals surface area contributed by atoms with E-state index in [2.05, 4.69) is 10.4 Å². The predicted octanol–water partition coefficient (Wildman–Crippen LogP) is 4.27. The number of alkyl halides is 3. The molecule has 0 aliphatic carbocycles. The summed E-state index contributed by atoms with van der Waals surface area (Å²) in [5, 5.41) is 6.53. The zero-order valence-electron chi connectivity index (χ0n) is 15.9. The summed E-state index contributed by atoms with van der Waals surface area (Å²) in [6, 6.07) is 14.4. The van der Waals surface area contributed by atoms with Crippen LogP contribution in [0.5, 0.6) is 5.75 Å². The maximum absolute atomic E-state index is 13.4. The highest BCUT2D eigenvalue weighted by Gasteiger charge is 2.40. The molecule has 0 bridgehead atoms. The highest BCUT2D eigenvalue weighted by molar-refractivity contribution is 5.92. The number of hydrogen-bond donors (Lipinski definition) is 1. The number of nitrogens with one attached hydrogen (secondary N) is 1. The van der Waals surface area contributed by atoms with Crippen LogP contribution in [0.4, 0.5) is 13.2 Å². The number of methoxy groups -OCH3 is 1. The lowest BCUT2D eigenvalue weighted by atomic mass is 9.98. The molecule has 2 aromatic carbocycles. The molecule has 1 heterocycles. The molecule has 1 atom stereocenters. The molecule has 1 aromatic heterocycles. The van der Waals surface area contributed by atoms with Crippen LogP contribution in [-0.4, -0.2) is 35.5 Å². The predicted molar refractivity (Wildman–Crippen MR) is 102 cm³/mol. The van der Waals surface area contributed by atoms with E-state index in [4.69, 9.17) is 4.74 Å². The normalized spacial score (nSPS) is 12.4. The third kappa shape index (κ3) is 4.77.